The van der Waals surface area contributed by atoms with Gasteiger partial charge in [-0.15, -0.1) is 0 Å². The van der Waals surface area contributed by atoms with E-state index in [1.807, 2.05) is 12.1 Å². The molecular formula is C24H25ClFN3O4S2. The molecule has 0 bridgehead atoms. The number of sulfonamides is 1. The molecule has 2 saturated heterocycles. The first-order valence-electron chi connectivity index (χ1n) is 11.6. The standard InChI is InChI=1S/C24H25ClFN3O4S2/c25-20-6-1-7-21-22(20)27-24(34-21)29(15-18-5-3-13-33-18)23(30)16-4-2-12-28(14-16)35(31,32)19-10-8-17(26)9-11-19/h1,6-11,16,18H,2-5,12-15H2. The monoisotopic (exact) mass is 537 g/mol. The van der Waals surface area contributed by atoms with Gasteiger partial charge in [0.1, 0.15) is 11.3 Å². The zero-order valence-corrected chi connectivity index (χ0v) is 21.3. The van der Waals surface area contributed by atoms with Gasteiger partial charge in [0, 0.05) is 19.7 Å². The molecule has 5 rings (SSSR count). The third kappa shape index (κ3) is 5.08. The van der Waals surface area contributed by atoms with E-state index in [9.17, 15) is 17.6 Å². The summed E-state index contributed by atoms with van der Waals surface area (Å²) in [4.78, 5) is 20.2. The average Bonchev–Trinajstić information content (AvgIpc) is 3.53. The number of ether oxygens (including phenoxy) is 1. The number of halogens is 2. The zero-order valence-electron chi connectivity index (χ0n) is 18.9. The summed E-state index contributed by atoms with van der Waals surface area (Å²) in [6.07, 6.45) is 2.82. The summed E-state index contributed by atoms with van der Waals surface area (Å²) < 4.78 is 47.7. The molecule has 11 heteroatoms. The molecule has 2 aliphatic heterocycles. The van der Waals surface area contributed by atoms with E-state index in [1.54, 1.807) is 11.0 Å². The van der Waals surface area contributed by atoms with Gasteiger partial charge in [0.2, 0.25) is 15.9 Å². The maximum atomic E-state index is 13.8. The van der Waals surface area contributed by atoms with E-state index in [2.05, 4.69) is 4.98 Å². The molecule has 0 N–H and O–H groups in total. The van der Waals surface area contributed by atoms with Crippen molar-refractivity contribution in [1.29, 1.82) is 0 Å². The topological polar surface area (TPSA) is 79.8 Å². The molecule has 1 amide bonds. The van der Waals surface area contributed by atoms with Crippen LogP contribution in [0.25, 0.3) is 10.2 Å². The normalized spacial score (nSPS) is 21.4. The molecule has 2 fully saturated rings. The van der Waals surface area contributed by atoms with E-state index in [0.717, 1.165) is 29.7 Å². The van der Waals surface area contributed by atoms with Gasteiger partial charge in [0.15, 0.2) is 5.13 Å². The first-order valence-corrected chi connectivity index (χ1v) is 14.2. The number of nitrogens with zero attached hydrogens (tertiary/aromatic N) is 3. The van der Waals surface area contributed by atoms with Crippen molar-refractivity contribution in [3.63, 3.8) is 0 Å². The number of thiazole rings is 1. The first kappa shape index (κ1) is 24.6. The van der Waals surface area contributed by atoms with Crippen LogP contribution in [-0.2, 0) is 19.6 Å². The third-order valence-electron chi connectivity index (χ3n) is 6.45. The van der Waals surface area contributed by atoms with Crippen LogP contribution in [0, 0.1) is 11.7 Å². The number of carbonyl (C=O) groups is 1. The van der Waals surface area contributed by atoms with E-state index < -0.39 is 21.8 Å². The van der Waals surface area contributed by atoms with Crippen LogP contribution in [0.5, 0.6) is 0 Å². The number of amides is 1. The van der Waals surface area contributed by atoms with E-state index >= 15 is 0 Å². The summed E-state index contributed by atoms with van der Waals surface area (Å²) in [7, 11) is -3.84. The molecule has 0 radical (unpaired) electrons. The molecule has 0 aliphatic carbocycles. The summed E-state index contributed by atoms with van der Waals surface area (Å²) in [6, 6.07) is 10.3. The molecule has 1 aromatic heterocycles. The van der Waals surface area contributed by atoms with Crippen molar-refractivity contribution >= 4 is 54.2 Å². The Balaban J connectivity index is 1.42. The SMILES string of the molecule is O=C(C1CCCN(S(=O)(=O)c2ccc(F)cc2)C1)N(CC1CCCO1)c1nc2c(Cl)cccc2s1. The van der Waals surface area contributed by atoms with Crippen LogP contribution >= 0.6 is 22.9 Å². The lowest BCUT2D eigenvalue weighted by atomic mass is 9.98. The Kier molecular flexibility index (Phi) is 7.09. The summed E-state index contributed by atoms with van der Waals surface area (Å²) in [5.41, 5.74) is 0.642. The summed E-state index contributed by atoms with van der Waals surface area (Å²) in [6.45, 7) is 1.39. The number of aromatic nitrogens is 1. The molecule has 2 unspecified atom stereocenters. The molecular weight excluding hydrogens is 513 g/mol. The predicted octanol–water partition coefficient (Wildman–Crippen LogP) is 4.70. The zero-order chi connectivity index (χ0) is 24.6. The van der Waals surface area contributed by atoms with Gasteiger partial charge in [0.05, 0.1) is 33.2 Å². The predicted molar refractivity (Wildman–Crippen MR) is 134 cm³/mol. The highest BCUT2D eigenvalue weighted by Crippen LogP contribution is 2.35. The fourth-order valence-electron chi connectivity index (χ4n) is 4.61. The minimum absolute atomic E-state index is 0.0176. The quantitative estimate of drug-likeness (QED) is 0.455. The van der Waals surface area contributed by atoms with Gasteiger partial charge in [-0.3, -0.25) is 9.69 Å². The molecule has 2 atom stereocenters. The highest BCUT2D eigenvalue weighted by Gasteiger charge is 2.37. The number of para-hydroxylation sites is 1. The molecule has 7 nitrogen and oxygen atoms in total. The number of fused-ring (bicyclic) bond motifs is 1. The molecule has 35 heavy (non-hydrogen) atoms. The molecule has 0 saturated carbocycles. The Labute approximate surface area is 212 Å². The smallest absolute Gasteiger partial charge is 0.243 e. The van der Waals surface area contributed by atoms with Crippen LogP contribution in [-0.4, -0.2) is 56.0 Å². The molecule has 186 valence electrons. The van der Waals surface area contributed by atoms with Gasteiger partial charge in [-0.05, 0) is 62.1 Å². The van der Waals surface area contributed by atoms with Crippen molar-refractivity contribution in [1.82, 2.24) is 9.29 Å². The average molecular weight is 538 g/mol. The van der Waals surface area contributed by atoms with Crippen LogP contribution < -0.4 is 4.90 Å². The lowest BCUT2D eigenvalue weighted by molar-refractivity contribution is -0.123. The Morgan fingerprint density at radius 2 is 2.00 bits per heavy atom. The van der Waals surface area contributed by atoms with Crippen molar-refractivity contribution in [2.45, 2.75) is 36.7 Å². The van der Waals surface area contributed by atoms with E-state index in [-0.39, 0.29) is 23.5 Å². The number of piperidine rings is 1. The fourth-order valence-corrected chi connectivity index (χ4v) is 7.42. The highest BCUT2D eigenvalue weighted by atomic mass is 35.5. The Morgan fingerprint density at radius 1 is 1.20 bits per heavy atom. The van der Waals surface area contributed by atoms with Gasteiger partial charge in [-0.1, -0.05) is 29.0 Å². The molecule has 3 heterocycles. The maximum absolute atomic E-state index is 13.8. The van der Waals surface area contributed by atoms with Crippen LogP contribution in [0.4, 0.5) is 9.52 Å². The molecule has 0 spiro atoms. The summed E-state index contributed by atoms with van der Waals surface area (Å²) in [5, 5.41) is 1.05. The number of hydrogen-bond acceptors (Lipinski definition) is 6. The van der Waals surface area contributed by atoms with Crippen molar-refractivity contribution in [3.8, 4) is 0 Å². The number of hydrogen-bond donors (Lipinski definition) is 0. The number of anilines is 1. The lowest BCUT2D eigenvalue weighted by Gasteiger charge is -2.34. The van der Waals surface area contributed by atoms with Crippen LogP contribution in [0.3, 0.4) is 0 Å². The van der Waals surface area contributed by atoms with Gasteiger partial charge in [-0.25, -0.2) is 17.8 Å². The Bertz CT molecular complexity index is 1330. The second-order valence-corrected chi connectivity index (χ2v) is 12.2. The van der Waals surface area contributed by atoms with Crippen molar-refractivity contribution in [2.75, 3.05) is 31.1 Å². The summed E-state index contributed by atoms with van der Waals surface area (Å²) in [5.74, 6) is -1.20. The molecule has 3 aromatic rings. The first-order chi connectivity index (χ1) is 16.8. The molecule has 2 aliphatic rings. The minimum Gasteiger partial charge on any atom is -0.376 e. The van der Waals surface area contributed by atoms with Crippen LogP contribution in [0.2, 0.25) is 5.02 Å². The number of rotatable bonds is 6. The van der Waals surface area contributed by atoms with E-state index in [4.69, 9.17) is 16.3 Å². The fraction of sp³-hybridized carbons (Fsp3) is 0.417. The number of benzene rings is 2. The Hall–Kier alpha value is -2.11. The van der Waals surface area contributed by atoms with Gasteiger partial charge >= 0.3 is 0 Å². The summed E-state index contributed by atoms with van der Waals surface area (Å²) >= 11 is 7.72. The van der Waals surface area contributed by atoms with E-state index in [1.165, 1.54) is 27.8 Å². The highest BCUT2D eigenvalue weighted by molar-refractivity contribution is 7.89. The largest absolute Gasteiger partial charge is 0.376 e. The van der Waals surface area contributed by atoms with Gasteiger partial charge in [0.25, 0.3) is 0 Å². The second-order valence-electron chi connectivity index (χ2n) is 8.82. The molecule has 2 aromatic carbocycles. The van der Waals surface area contributed by atoms with Crippen molar-refractivity contribution in [3.05, 3.63) is 53.3 Å². The maximum Gasteiger partial charge on any atom is 0.243 e. The Morgan fingerprint density at radius 3 is 2.71 bits per heavy atom. The van der Waals surface area contributed by atoms with Crippen LogP contribution in [0.1, 0.15) is 25.7 Å². The second kappa shape index (κ2) is 10.1. The van der Waals surface area contributed by atoms with Gasteiger partial charge < -0.3 is 4.74 Å². The third-order valence-corrected chi connectivity index (χ3v) is 9.68. The van der Waals surface area contributed by atoms with Gasteiger partial charge in [-0.2, -0.15) is 4.31 Å². The number of carbonyl (C=O) groups excluding carboxylic acids is 1. The lowest BCUT2D eigenvalue weighted by Crippen LogP contribution is -2.48. The minimum atomic E-state index is -3.84. The van der Waals surface area contributed by atoms with Crippen molar-refractivity contribution < 1.29 is 22.3 Å². The van der Waals surface area contributed by atoms with Crippen molar-refractivity contribution in [2.24, 2.45) is 5.92 Å². The van der Waals surface area contributed by atoms with E-state index in [0.29, 0.717) is 48.2 Å². The van der Waals surface area contributed by atoms with Crippen LogP contribution in [0.15, 0.2) is 47.4 Å².